The Bertz CT molecular complexity index is 762. The van der Waals surface area contributed by atoms with Crippen LogP contribution in [-0.2, 0) is 28.4 Å². The van der Waals surface area contributed by atoms with Crippen molar-refractivity contribution in [2.75, 3.05) is 34.3 Å². The van der Waals surface area contributed by atoms with Gasteiger partial charge in [-0.15, -0.1) is 0 Å². The third-order valence-corrected chi connectivity index (χ3v) is 7.93. The standard InChI is InChI=1S/C21H29NO7/c1-22(23)6-5-11-7-15-16(27-9-26-15)8-13(11)19-18(22)12-3-4-14-20(28-10-25-14)17(12)21(24-2)29-19/h12,14,17-21H,3-10H2,1-2H3. The van der Waals surface area contributed by atoms with Gasteiger partial charge in [-0.05, 0) is 18.4 Å². The molecule has 2 saturated heterocycles. The molecule has 8 unspecified atom stereocenters. The number of methoxy groups -OCH3 is 1. The van der Waals surface area contributed by atoms with Crippen LogP contribution < -0.4 is 0 Å². The molecule has 8 atom stereocenters. The fourth-order valence-electron chi connectivity index (χ4n) is 6.59. The molecule has 0 amide bonds. The van der Waals surface area contributed by atoms with Crippen molar-refractivity contribution >= 4 is 0 Å². The molecule has 0 aromatic rings. The summed E-state index contributed by atoms with van der Waals surface area (Å²) in [5.74, 6) is 2.02. The van der Waals surface area contributed by atoms with Crippen LogP contribution in [0.1, 0.15) is 32.1 Å². The van der Waals surface area contributed by atoms with Gasteiger partial charge in [-0.25, -0.2) is 0 Å². The summed E-state index contributed by atoms with van der Waals surface area (Å²) in [6, 6.07) is -0.173. The lowest BCUT2D eigenvalue weighted by atomic mass is 9.67. The minimum atomic E-state index is -0.404. The van der Waals surface area contributed by atoms with Gasteiger partial charge in [0.1, 0.15) is 30.5 Å². The predicted octanol–water partition coefficient (Wildman–Crippen LogP) is 2.15. The first kappa shape index (κ1) is 18.6. The van der Waals surface area contributed by atoms with E-state index in [4.69, 9.17) is 28.4 Å². The molecule has 4 aliphatic heterocycles. The fraction of sp³-hybridized carbons (Fsp3) is 0.810. The van der Waals surface area contributed by atoms with Crippen molar-refractivity contribution < 1.29 is 33.1 Å². The van der Waals surface area contributed by atoms with Gasteiger partial charge in [0.2, 0.25) is 6.79 Å². The average Bonchev–Trinajstić information content (AvgIpc) is 3.36. The fourth-order valence-corrected chi connectivity index (χ4v) is 6.59. The summed E-state index contributed by atoms with van der Waals surface area (Å²) in [7, 11) is 3.50. The van der Waals surface area contributed by atoms with Crippen molar-refractivity contribution in [3.63, 3.8) is 0 Å². The highest BCUT2D eigenvalue weighted by Crippen LogP contribution is 2.52. The zero-order valence-corrected chi connectivity index (χ0v) is 17.0. The van der Waals surface area contributed by atoms with Crippen LogP contribution in [0.3, 0.4) is 0 Å². The second-order valence-electron chi connectivity index (χ2n) is 9.31. The molecule has 0 aromatic carbocycles. The number of hydrogen-bond acceptors (Lipinski definition) is 7. The lowest BCUT2D eigenvalue weighted by Gasteiger charge is -2.58. The average molecular weight is 407 g/mol. The number of ether oxygens (including phenoxy) is 6. The highest BCUT2D eigenvalue weighted by molar-refractivity contribution is 5.35. The van der Waals surface area contributed by atoms with Crippen molar-refractivity contribution in [1.29, 1.82) is 0 Å². The van der Waals surface area contributed by atoms with Crippen molar-refractivity contribution in [1.82, 2.24) is 0 Å². The SMILES string of the molecule is COC1OC2C3=C(CC[N+](C)([O-])C2C2CCC4OCOC4C12)CC1=C(C3)OCO1. The lowest BCUT2D eigenvalue weighted by Crippen LogP contribution is -2.67. The Balaban J connectivity index is 1.40. The predicted molar refractivity (Wildman–Crippen MR) is 99.6 cm³/mol. The topological polar surface area (TPSA) is 78.4 Å². The monoisotopic (exact) mass is 407 g/mol. The highest BCUT2D eigenvalue weighted by Gasteiger charge is 2.60. The maximum atomic E-state index is 13.9. The zero-order valence-electron chi connectivity index (χ0n) is 17.0. The van der Waals surface area contributed by atoms with Crippen molar-refractivity contribution in [3.05, 3.63) is 27.9 Å². The van der Waals surface area contributed by atoms with Crippen LogP contribution in [0.4, 0.5) is 0 Å². The largest absolute Gasteiger partial charge is 0.633 e. The number of rotatable bonds is 1. The summed E-state index contributed by atoms with van der Waals surface area (Å²) in [5.41, 5.74) is 2.49. The first-order chi connectivity index (χ1) is 14.1. The normalized spacial score (nSPS) is 48.6. The second kappa shape index (κ2) is 6.67. The number of hydroxylamine groups is 3. The Morgan fingerprint density at radius 2 is 1.90 bits per heavy atom. The van der Waals surface area contributed by atoms with E-state index in [1.165, 1.54) is 11.1 Å². The van der Waals surface area contributed by atoms with Crippen LogP contribution in [0.25, 0.3) is 0 Å². The summed E-state index contributed by atoms with van der Waals surface area (Å²) in [5, 5.41) is 13.9. The van der Waals surface area contributed by atoms with Gasteiger partial charge in [0.25, 0.3) is 0 Å². The van der Waals surface area contributed by atoms with E-state index >= 15 is 0 Å². The molecule has 3 fully saturated rings. The van der Waals surface area contributed by atoms with E-state index in [-0.39, 0.29) is 40.8 Å². The number of allylic oxidation sites excluding steroid dienone is 2. The molecule has 29 heavy (non-hydrogen) atoms. The third-order valence-electron chi connectivity index (χ3n) is 7.93. The molecular formula is C21H29NO7. The molecule has 6 aliphatic rings. The van der Waals surface area contributed by atoms with Gasteiger partial charge < -0.3 is 38.3 Å². The summed E-state index contributed by atoms with van der Waals surface area (Å²) in [6.07, 6.45) is 3.37. The third kappa shape index (κ3) is 2.73. The Morgan fingerprint density at radius 1 is 1.07 bits per heavy atom. The van der Waals surface area contributed by atoms with Gasteiger partial charge in [0.15, 0.2) is 6.29 Å². The first-order valence-corrected chi connectivity index (χ1v) is 10.7. The molecule has 0 aromatic heterocycles. The molecule has 0 bridgehead atoms. The summed E-state index contributed by atoms with van der Waals surface area (Å²) >= 11 is 0. The molecule has 6 rings (SSSR count). The number of quaternary nitrogens is 1. The quantitative estimate of drug-likeness (QED) is 0.374. The van der Waals surface area contributed by atoms with E-state index < -0.39 is 6.29 Å². The Hall–Kier alpha value is -1.16. The van der Waals surface area contributed by atoms with Crippen LogP contribution in [0, 0.1) is 17.0 Å². The van der Waals surface area contributed by atoms with Crippen molar-refractivity contribution in [3.8, 4) is 0 Å². The number of likely N-dealkylation sites (N-methyl/N-ethyl adjacent to an activating group) is 1. The van der Waals surface area contributed by atoms with Crippen LogP contribution in [0.5, 0.6) is 0 Å². The van der Waals surface area contributed by atoms with Crippen LogP contribution in [0.15, 0.2) is 22.7 Å². The zero-order chi connectivity index (χ0) is 19.8. The van der Waals surface area contributed by atoms with E-state index in [1.807, 2.05) is 7.05 Å². The van der Waals surface area contributed by atoms with Crippen molar-refractivity contribution in [2.45, 2.75) is 62.7 Å². The van der Waals surface area contributed by atoms with E-state index in [2.05, 4.69) is 0 Å². The summed E-state index contributed by atoms with van der Waals surface area (Å²) < 4.78 is 35.2. The number of hydrogen-bond donors (Lipinski definition) is 0. The molecule has 2 aliphatic carbocycles. The van der Waals surface area contributed by atoms with E-state index in [0.29, 0.717) is 26.6 Å². The molecule has 8 nitrogen and oxygen atoms in total. The Labute approximate surface area is 170 Å². The molecule has 1 saturated carbocycles. The van der Waals surface area contributed by atoms with Crippen LogP contribution in [0.2, 0.25) is 0 Å². The highest BCUT2D eigenvalue weighted by atomic mass is 16.7. The van der Waals surface area contributed by atoms with Gasteiger partial charge >= 0.3 is 0 Å². The van der Waals surface area contributed by atoms with Gasteiger partial charge in [0, 0.05) is 38.2 Å². The van der Waals surface area contributed by atoms with Crippen LogP contribution in [-0.4, -0.2) is 69.6 Å². The second-order valence-corrected chi connectivity index (χ2v) is 9.31. The van der Waals surface area contributed by atoms with Crippen molar-refractivity contribution in [2.24, 2.45) is 11.8 Å². The Morgan fingerprint density at radius 3 is 2.72 bits per heavy atom. The van der Waals surface area contributed by atoms with E-state index in [0.717, 1.165) is 37.2 Å². The Kier molecular flexibility index (Phi) is 4.28. The molecular weight excluding hydrogens is 378 g/mol. The maximum Gasteiger partial charge on any atom is 0.230 e. The molecule has 0 spiro atoms. The van der Waals surface area contributed by atoms with Gasteiger partial charge in [-0.2, -0.15) is 0 Å². The van der Waals surface area contributed by atoms with E-state index in [1.54, 1.807) is 7.11 Å². The summed E-state index contributed by atoms with van der Waals surface area (Å²) in [6.45, 7) is 1.16. The number of nitrogens with zero attached hydrogens (tertiary/aromatic N) is 1. The van der Waals surface area contributed by atoms with Gasteiger partial charge in [0.05, 0.1) is 25.8 Å². The van der Waals surface area contributed by atoms with Gasteiger partial charge in [-0.3, -0.25) is 0 Å². The van der Waals surface area contributed by atoms with E-state index in [9.17, 15) is 5.21 Å². The van der Waals surface area contributed by atoms with Gasteiger partial charge in [-0.1, -0.05) is 5.57 Å². The molecule has 0 radical (unpaired) electrons. The number of fused-ring (bicyclic) bond motifs is 6. The van der Waals surface area contributed by atoms with Crippen LogP contribution >= 0.6 is 0 Å². The smallest absolute Gasteiger partial charge is 0.230 e. The maximum absolute atomic E-state index is 13.9. The lowest BCUT2D eigenvalue weighted by molar-refractivity contribution is -0.896. The molecule has 0 N–H and O–H groups in total. The summed E-state index contributed by atoms with van der Waals surface area (Å²) in [4.78, 5) is 0. The minimum Gasteiger partial charge on any atom is -0.633 e. The molecule has 8 heteroatoms. The minimum absolute atomic E-state index is 0.0143. The molecule has 160 valence electrons. The molecule has 4 heterocycles. The first-order valence-electron chi connectivity index (χ1n) is 10.7.